The molecule has 166 valence electrons. The van der Waals surface area contributed by atoms with Gasteiger partial charge in [0.25, 0.3) is 0 Å². The zero-order valence-electron chi connectivity index (χ0n) is 19.0. The average molecular weight is 434 g/mol. The van der Waals surface area contributed by atoms with Crippen molar-refractivity contribution in [2.24, 2.45) is 0 Å². The Morgan fingerprint density at radius 2 is 1.60 bits per heavy atom. The van der Waals surface area contributed by atoms with Gasteiger partial charge in [-0.1, -0.05) is 50.6 Å². The molecule has 0 N–H and O–H groups in total. The van der Waals surface area contributed by atoms with Gasteiger partial charge in [0.2, 0.25) is 0 Å². The van der Waals surface area contributed by atoms with E-state index in [1.54, 1.807) is 7.11 Å². The third-order valence-electron chi connectivity index (χ3n) is 5.48. The zero-order chi connectivity index (χ0) is 22.0. The Hall–Kier alpha value is -1.75. The molecule has 2 rings (SSSR count). The van der Waals surface area contributed by atoms with Crippen molar-refractivity contribution < 1.29 is 14.2 Å². The minimum atomic E-state index is -0.171. The van der Waals surface area contributed by atoms with E-state index in [-0.39, 0.29) is 5.41 Å². The van der Waals surface area contributed by atoms with E-state index in [1.165, 1.54) is 5.56 Å². The van der Waals surface area contributed by atoms with E-state index < -0.39 is 0 Å². The molecule has 30 heavy (non-hydrogen) atoms. The van der Waals surface area contributed by atoms with Crippen LogP contribution in [0.15, 0.2) is 42.5 Å². The van der Waals surface area contributed by atoms with Gasteiger partial charge in [-0.15, -0.1) is 0 Å². The van der Waals surface area contributed by atoms with Crippen LogP contribution in [0, 0.1) is 0 Å². The fraction of sp³-hybridized carbons (Fsp3) is 0.520. The molecule has 0 aliphatic rings. The van der Waals surface area contributed by atoms with Crippen LogP contribution in [-0.2, 0) is 10.2 Å². The second kappa shape index (κ2) is 12.2. The van der Waals surface area contributed by atoms with Crippen molar-refractivity contribution in [3.63, 3.8) is 0 Å². The van der Waals surface area contributed by atoms with Crippen LogP contribution in [0.5, 0.6) is 11.5 Å². The van der Waals surface area contributed by atoms with E-state index in [2.05, 4.69) is 56.0 Å². The summed E-state index contributed by atoms with van der Waals surface area (Å²) < 4.78 is 16.7. The Kier molecular flexibility index (Phi) is 9.96. The molecule has 0 spiro atoms. The fourth-order valence-electron chi connectivity index (χ4n) is 3.42. The third kappa shape index (κ3) is 6.90. The maximum absolute atomic E-state index is 6.40. The van der Waals surface area contributed by atoms with Gasteiger partial charge in [0.1, 0.15) is 11.5 Å². The molecule has 0 heterocycles. The average Bonchev–Trinajstić information content (AvgIpc) is 2.75. The highest BCUT2D eigenvalue weighted by molar-refractivity contribution is 6.32. The molecule has 0 saturated heterocycles. The van der Waals surface area contributed by atoms with Gasteiger partial charge >= 0.3 is 0 Å². The molecule has 0 amide bonds. The van der Waals surface area contributed by atoms with Gasteiger partial charge < -0.3 is 19.1 Å². The normalized spacial score (nSPS) is 11.7. The lowest BCUT2D eigenvalue weighted by Gasteiger charge is -2.27. The minimum absolute atomic E-state index is 0.171. The topological polar surface area (TPSA) is 30.9 Å². The van der Waals surface area contributed by atoms with Gasteiger partial charge in [-0.2, -0.15) is 0 Å². The molecule has 0 atom stereocenters. The maximum Gasteiger partial charge on any atom is 0.137 e. The first kappa shape index (κ1) is 24.5. The van der Waals surface area contributed by atoms with E-state index in [0.717, 1.165) is 49.7 Å². The molecule has 0 aromatic heterocycles. The first-order valence-corrected chi connectivity index (χ1v) is 11.2. The molecule has 0 saturated carbocycles. The summed E-state index contributed by atoms with van der Waals surface area (Å²) in [6, 6.07) is 14.4. The smallest absolute Gasteiger partial charge is 0.137 e. The van der Waals surface area contributed by atoms with Gasteiger partial charge in [-0.3, -0.25) is 0 Å². The van der Waals surface area contributed by atoms with Gasteiger partial charge in [0.15, 0.2) is 0 Å². The number of hydrogen-bond acceptors (Lipinski definition) is 4. The number of ether oxygens (including phenoxy) is 3. The fourth-order valence-corrected chi connectivity index (χ4v) is 3.66. The van der Waals surface area contributed by atoms with Crippen LogP contribution in [0.4, 0.5) is 0 Å². The monoisotopic (exact) mass is 433 g/mol. The number of methoxy groups -OCH3 is 1. The standard InChI is InChI=1S/C25H36ClNO3/c1-6-27(16-18-28-5)15-8-17-30-22-12-9-20(10-13-22)25(3,4)21-11-14-24(29-7-2)23(26)19-21/h9-14,19H,6-8,15-18H2,1-5H3. The summed E-state index contributed by atoms with van der Waals surface area (Å²) in [5.41, 5.74) is 2.20. The van der Waals surface area contributed by atoms with Crippen LogP contribution >= 0.6 is 11.6 Å². The Morgan fingerprint density at radius 3 is 2.20 bits per heavy atom. The molecule has 0 aliphatic heterocycles. The van der Waals surface area contributed by atoms with Crippen molar-refractivity contribution in [1.29, 1.82) is 0 Å². The molecule has 5 heteroatoms. The van der Waals surface area contributed by atoms with E-state index in [0.29, 0.717) is 18.2 Å². The van der Waals surface area contributed by atoms with Crippen LogP contribution in [-0.4, -0.2) is 51.5 Å². The van der Waals surface area contributed by atoms with Gasteiger partial charge in [0, 0.05) is 25.6 Å². The maximum atomic E-state index is 6.40. The predicted molar refractivity (Wildman–Crippen MR) is 125 cm³/mol. The van der Waals surface area contributed by atoms with Gasteiger partial charge in [-0.05, 0) is 55.3 Å². The quantitative estimate of drug-likeness (QED) is 0.373. The van der Waals surface area contributed by atoms with E-state index in [4.69, 9.17) is 25.8 Å². The molecule has 2 aromatic rings. The summed E-state index contributed by atoms with van der Waals surface area (Å²) >= 11 is 6.40. The van der Waals surface area contributed by atoms with E-state index >= 15 is 0 Å². The molecular formula is C25H36ClNO3. The van der Waals surface area contributed by atoms with Crippen LogP contribution < -0.4 is 9.47 Å². The molecule has 0 unspecified atom stereocenters. The van der Waals surface area contributed by atoms with Crippen LogP contribution in [0.25, 0.3) is 0 Å². The Labute approximate surface area is 187 Å². The first-order valence-electron chi connectivity index (χ1n) is 10.8. The van der Waals surface area contributed by atoms with Crippen molar-refractivity contribution in [2.45, 2.75) is 39.5 Å². The predicted octanol–water partition coefficient (Wildman–Crippen LogP) is 5.80. The van der Waals surface area contributed by atoms with Crippen LogP contribution in [0.3, 0.4) is 0 Å². The summed E-state index contributed by atoms with van der Waals surface area (Å²) in [4.78, 5) is 2.38. The summed E-state index contributed by atoms with van der Waals surface area (Å²) in [6.07, 6.45) is 0.996. The summed E-state index contributed by atoms with van der Waals surface area (Å²) in [7, 11) is 1.74. The number of rotatable bonds is 13. The molecule has 0 radical (unpaired) electrons. The number of hydrogen-bond donors (Lipinski definition) is 0. The Balaban J connectivity index is 1.93. The molecule has 2 aromatic carbocycles. The third-order valence-corrected chi connectivity index (χ3v) is 5.77. The lowest BCUT2D eigenvalue weighted by atomic mass is 9.78. The molecular weight excluding hydrogens is 398 g/mol. The summed E-state index contributed by atoms with van der Waals surface area (Å²) in [5, 5.41) is 0.647. The van der Waals surface area contributed by atoms with Gasteiger partial charge in [-0.25, -0.2) is 0 Å². The molecule has 4 nitrogen and oxygen atoms in total. The molecule has 0 fully saturated rings. The largest absolute Gasteiger partial charge is 0.494 e. The van der Waals surface area contributed by atoms with Gasteiger partial charge in [0.05, 0.1) is 24.8 Å². The number of likely N-dealkylation sites (N-methyl/N-ethyl adjacent to an activating group) is 1. The molecule has 0 bridgehead atoms. The number of benzene rings is 2. The highest BCUT2D eigenvalue weighted by Crippen LogP contribution is 2.36. The van der Waals surface area contributed by atoms with Crippen molar-refractivity contribution in [1.82, 2.24) is 4.90 Å². The lowest BCUT2D eigenvalue weighted by molar-refractivity contribution is 0.146. The lowest BCUT2D eigenvalue weighted by Crippen LogP contribution is -2.29. The van der Waals surface area contributed by atoms with Crippen molar-refractivity contribution in [2.75, 3.05) is 46.6 Å². The number of nitrogens with zero attached hydrogens (tertiary/aromatic N) is 1. The summed E-state index contributed by atoms with van der Waals surface area (Å²) in [5.74, 6) is 1.63. The second-order valence-corrected chi connectivity index (χ2v) is 8.26. The second-order valence-electron chi connectivity index (χ2n) is 7.86. The SMILES string of the molecule is CCOc1ccc(C(C)(C)c2ccc(OCCCN(CC)CCOC)cc2)cc1Cl. The van der Waals surface area contributed by atoms with E-state index in [1.807, 2.05) is 19.1 Å². The van der Waals surface area contributed by atoms with Crippen LogP contribution in [0.2, 0.25) is 5.02 Å². The van der Waals surface area contributed by atoms with Crippen LogP contribution in [0.1, 0.15) is 45.2 Å². The minimum Gasteiger partial charge on any atom is -0.494 e. The zero-order valence-corrected chi connectivity index (χ0v) is 19.8. The molecule has 0 aliphatic carbocycles. The first-order chi connectivity index (χ1) is 14.4. The van der Waals surface area contributed by atoms with E-state index in [9.17, 15) is 0 Å². The summed E-state index contributed by atoms with van der Waals surface area (Å²) in [6.45, 7) is 13.6. The van der Waals surface area contributed by atoms with Crippen molar-refractivity contribution >= 4 is 11.6 Å². The highest BCUT2D eigenvalue weighted by Gasteiger charge is 2.24. The highest BCUT2D eigenvalue weighted by atomic mass is 35.5. The van der Waals surface area contributed by atoms with Crippen molar-refractivity contribution in [3.8, 4) is 11.5 Å². The number of halogens is 1. The Bertz CT molecular complexity index is 761. The Morgan fingerprint density at radius 1 is 0.900 bits per heavy atom. The van der Waals surface area contributed by atoms with Crippen molar-refractivity contribution in [3.05, 3.63) is 58.6 Å².